The Hall–Kier alpha value is -3.94. The first-order chi connectivity index (χ1) is 20.4. The van der Waals surface area contributed by atoms with Crippen LogP contribution in [0.5, 0.6) is 0 Å². The number of hydrogen-bond acceptors (Lipinski definition) is 9. The molecule has 230 valence electrons. The number of imidazole rings is 1. The van der Waals surface area contributed by atoms with Crippen molar-refractivity contribution in [1.82, 2.24) is 34.6 Å². The lowest BCUT2D eigenvalue weighted by atomic mass is 9.80. The van der Waals surface area contributed by atoms with Crippen LogP contribution in [0.1, 0.15) is 50.7 Å². The Morgan fingerprint density at radius 1 is 1.21 bits per heavy atom. The monoisotopic (exact) mass is 599 g/mol. The Kier molecular flexibility index (Phi) is 7.43. The zero-order valence-corrected chi connectivity index (χ0v) is 24.7. The predicted molar refractivity (Wildman–Crippen MR) is 156 cm³/mol. The number of nitrogens with zero attached hydrogens (tertiary/aromatic N) is 7. The van der Waals surface area contributed by atoms with Gasteiger partial charge in [0.15, 0.2) is 11.5 Å². The van der Waals surface area contributed by atoms with Crippen LogP contribution in [-0.4, -0.2) is 74.3 Å². The van der Waals surface area contributed by atoms with Gasteiger partial charge in [0.05, 0.1) is 12.1 Å². The Balaban J connectivity index is 1.47. The number of hydrogen-bond donors (Lipinski definition) is 2. The number of aromatic nitrogens is 6. The summed E-state index contributed by atoms with van der Waals surface area (Å²) in [7, 11) is 4.08. The summed E-state index contributed by atoms with van der Waals surface area (Å²) in [6.07, 6.45) is 0.00413. The molecule has 0 bridgehead atoms. The van der Waals surface area contributed by atoms with Crippen LogP contribution in [0, 0.1) is 11.3 Å². The van der Waals surface area contributed by atoms with Crippen molar-refractivity contribution in [2.75, 3.05) is 43.9 Å². The molecule has 1 saturated carbocycles. The van der Waals surface area contributed by atoms with Gasteiger partial charge in [-0.05, 0) is 68.8 Å². The molecule has 2 aliphatic rings. The van der Waals surface area contributed by atoms with Gasteiger partial charge >= 0.3 is 11.9 Å². The van der Waals surface area contributed by atoms with Gasteiger partial charge in [-0.1, -0.05) is 30.6 Å². The van der Waals surface area contributed by atoms with Crippen molar-refractivity contribution in [1.29, 1.82) is 0 Å². The number of anilines is 2. The van der Waals surface area contributed by atoms with Gasteiger partial charge in [0.2, 0.25) is 17.6 Å². The van der Waals surface area contributed by atoms with Crippen LogP contribution < -0.4 is 16.0 Å². The van der Waals surface area contributed by atoms with Gasteiger partial charge in [0.25, 0.3) is 0 Å². The summed E-state index contributed by atoms with van der Waals surface area (Å²) < 4.78 is 46.6. The third-order valence-electron chi connectivity index (χ3n) is 8.79. The number of alkyl halides is 3. The second-order valence-corrected chi connectivity index (χ2v) is 12.5. The first-order valence-electron chi connectivity index (χ1n) is 14.6. The summed E-state index contributed by atoms with van der Waals surface area (Å²) in [5.74, 6) is 1.12. The van der Waals surface area contributed by atoms with Crippen molar-refractivity contribution in [3.05, 3.63) is 45.9 Å². The van der Waals surface area contributed by atoms with Crippen LogP contribution in [0.15, 0.2) is 33.6 Å². The summed E-state index contributed by atoms with van der Waals surface area (Å²) in [6.45, 7) is 7.26. The van der Waals surface area contributed by atoms with Crippen molar-refractivity contribution < 1.29 is 17.7 Å². The highest BCUT2D eigenvalue weighted by Crippen LogP contribution is 2.36. The van der Waals surface area contributed by atoms with Crippen LogP contribution in [0.4, 0.5) is 24.9 Å². The number of H-pyrrole nitrogens is 1. The first-order valence-corrected chi connectivity index (χ1v) is 14.6. The lowest BCUT2D eigenvalue weighted by molar-refractivity contribution is -0.137. The standard InChI is InChI=1S/C29H36F3N9O2/c1-17(19-6-5-7-19)33-22-21-23(35-24(34-22)25-37-27(42)43-38-25)36-26(40(4)16-28(2)12-13-39(3)15-28)41(21)14-18-8-10-20(11-9-18)29(30,31)32/h8-11,17,19H,5-7,12-16H2,1-4H3,(H,33,34,35)(H,37,38,42). The van der Waals surface area contributed by atoms with Gasteiger partial charge in [-0.25, -0.2) is 14.8 Å². The Morgan fingerprint density at radius 3 is 2.53 bits per heavy atom. The molecular weight excluding hydrogens is 563 g/mol. The van der Waals surface area contributed by atoms with E-state index in [0.29, 0.717) is 41.0 Å². The molecule has 1 aliphatic heterocycles. The topological polar surface area (TPSA) is 121 Å². The number of nitrogens with one attached hydrogen (secondary N) is 2. The molecule has 43 heavy (non-hydrogen) atoms. The zero-order valence-electron chi connectivity index (χ0n) is 24.7. The maximum Gasteiger partial charge on any atom is 0.439 e. The zero-order chi connectivity index (χ0) is 30.5. The lowest BCUT2D eigenvalue weighted by Gasteiger charge is -2.32. The Labute approximate surface area is 246 Å². The van der Waals surface area contributed by atoms with E-state index in [1.165, 1.54) is 18.6 Å². The van der Waals surface area contributed by atoms with E-state index in [1.807, 2.05) is 11.6 Å². The van der Waals surface area contributed by atoms with Crippen molar-refractivity contribution in [3.8, 4) is 11.6 Å². The summed E-state index contributed by atoms with van der Waals surface area (Å²) in [6, 6.07) is 5.27. The molecule has 14 heteroatoms. The minimum atomic E-state index is -4.42. The summed E-state index contributed by atoms with van der Waals surface area (Å²) >= 11 is 0. The molecule has 11 nitrogen and oxygen atoms in total. The van der Waals surface area contributed by atoms with Gasteiger partial charge < -0.3 is 19.7 Å². The van der Waals surface area contributed by atoms with Crippen molar-refractivity contribution in [2.45, 2.75) is 58.3 Å². The van der Waals surface area contributed by atoms with E-state index in [4.69, 9.17) is 14.5 Å². The van der Waals surface area contributed by atoms with E-state index in [2.05, 4.69) is 51.1 Å². The van der Waals surface area contributed by atoms with Crippen LogP contribution in [-0.2, 0) is 12.7 Å². The maximum atomic E-state index is 13.3. The van der Waals surface area contributed by atoms with Gasteiger partial charge in [-0.3, -0.25) is 9.51 Å². The van der Waals surface area contributed by atoms with E-state index in [0.717, 1.165) is 44.5 Å². The van der Waals surface area contributed by atoms with Crippen molar-refractivity contribution in [2.24, 2.45) is 11.3 Å². The molecule has 6 rings (SSSR count). The molecule has 1 aromatic carbocycles. The van der Waals surface area contributed by atoms with E-state index in [-0.39, 0.29) is 29.7 Å². The average Bonchev–Trinajstić information content (AvgIpc) is 3.59. The minimum Gasteiger partial charge on any atom is -0.365 e. The smallest absolute Gasteiger partial charge is 0.365 e. The second kappa shape index (κ2) is 11.0. The highest BCUT2D eigenvalue weighted by molar-refractivity contribution is 5.87. The third kappa shape index (κ3) is 5.97. The highest BCUT2D eigenvalue weighted by atomic mass is 19.4. The fourth-order valence-electron chi connectivity index (χ4n) is 6.30. The lowest BCUT2D eigenvalue weighted by Crippen LogP contribution is -2.36. The molecular formula is C29H36F3N9O2. The van der Waals surface area contributed by atoms with Gasteiger partial charge in [-0.2, -0.15) is 18.2 Å². The summed E-state index contributed by atoms with van der Waals surface area (Å²) in [5.41, 5.74) is 0.999. The SMILES string of the molecule is CC(Nc1nc(-c2noc(=O)[nH]2)nc2nc(N(C)CC3(C)CCN(C)C3)n(Cc3ccc(C(F)(F)F)cc3)c12)C1CCC1. The van der Waals surface area contributed by atoms with Crippen LogP contribution in [0.3, 0.4) is 0 Å². The average molecular weight is 600 g/mol. The first kappa shape index (κ1) is 29.1. The molecule has 2 fully saturated rings. The Morgan fingerprint density at radius 2 is 1.95 bits per heavy atom. The minimum absolute atomic E-state index is 0.0255. The summed E-state index contributed by atoms with van der Waals surface area (Å²) in [5, 5.41) is 7.34. The number of fused-ring (bicyclic) bond motifs is 1. The fourth-order valence-corrected chi connectivity index (χ4v) is 6.30. The van der Waals surface area contributed by atoms with Gasteiger partial charge in [0.1, 0.15) is 5.52 Å². The number of halogens is 3. The quantitative estimate of drug-likeness (QED) is 0.284. The highest BCUT2D eigenvalue weighted by Gasteiger charge is 2.35. The van der Waals surface area contributed by atoms with Crippen LogP contribution in [0.25, 0.3) is 22.8 Å². The molecule has 3 aromatic heterocycles. The molecule has 1 aliphatic carbocycles. The van der Waals surface area contributed by atoms with Gasteiger partial charge in [0, 0.05) is 26.2 Å². The molecule has 2 atom stereocenters. The molecule has 0 spiro atoms. The molecule has 2 unspecified atom stereocenters. The van der Waals surface area contributed by atoms with E-state index < -0.39 is 17.5 Å². The van der Waals surface area contributed by atoms with Crippen LogP contribution >= 0.6 is 0 Å². The number of likely N-dealkylation sites (tertiary alicyclic amines) is 1. The fraction of sp³-hybridized carbons (Fsp3) is 0.552. The molecule has 1 saturated heterocycles. The summed E-state index contributed by atoms with van der Waals surface area (Å²) in [4.78, 5) is 33.0. The maximum absolute atomic E-state index is 13.3. The largest absolute Gasteiger partial charge is 0.439 e. The van der Waals surface area contributed by atoms with Gasteiger partial charge in [-0.15, -0.1) is 0 Å². The number of benzene rings is 1. The number of rotatable bonds is 9. The molecule has 4 aromatic rings. The van der Waals surface area contributed by atoms with E-state index in [9.17, 15) is 18.0 Å². The van der Waals surface area contributed by atoms with Crippen molar-refractivity contribution >= 4 is 22.9 Å². The third-order valence-corrected chi connectivity index (χ3v) is 8.79. The predicted octanol–water partition coefficient (Wildman–Crippen LogP) is 4.62. The van der Waals surface area contributed by atoms with E-state index >= 15 is 0 Å². The Bertz CT molecular complexity index is 1660. The molecule has 4 heterocycles. The molecule has 2 N–H and O–H groups in total. The molecule has 0 radical (unpaired) electrons. The van der Waals surface area contributed by atoms with E-state index in [1.54, 1.807) is 0 Å². The number of aromatic amines is 1. The van der Waals surface area contributed by atoms with Crippen LogP contribution in [0.2, 0.25) is 0 Å². The van der Waals surface area contributed by atoms with Crippen molar-refractivity contribution in [3.63, 3.8) is 0 Å². The second-order valence-electron chi connectivity index (χ2n) is 12.5. The normalized spacial score (nSPS) is 20.4. The molecule has 0 amide bonds.